The first-order valence-corrected chi connectivity index (χ1v) is 7.12. The highest BCUT2D eigenvalue weighted by Gasteiger charge is 2.12. The number of carbonyl (C=O) groups is 1. The minimum absolute atomic E-state index is 0.00877. The molecule has 0 radical (unpaired) electrons. The van der Waals surface area contributed by atoms with Crippen molar-refractivity contribution >= 4 is 11.6 Å². The van der Waals surface area contributed by atoms with E-state index in [0.29, 0.717) is 18.0 Å². The highest BCUT2D eigenvalue weighted by Crippen LogP contribution is 2.13. The van der Waals surface area contributed by atoms with E-state index in [9.17, 15) is 4.79 Å². The van der Waals surface area contributed by atoms with E-state index in [1.165, 1.54) is 12.8 Å². The van der Waals surface area contributed by atoms with E-state index in [1.807, 2.05) is 31.2 Å². The molecule has 0 bridgehead atoms. The minimum Gasteiger partial charge on any atom is -0.385 e. The number of amides is 1. The Bertz CT molecular complexity index is 396. The summed E-state index contributed by atoms with van der Waals surface area (Å²) in [4.78, 5) is 11.6. The van der Waals surface area contributed by atoms with E-state index < -0.39 is 0 Å². The Labute approximate surface area is 115 Å². The lowest BCUT2D eigenvalue weighted by atomic mass is 10.00. The Kier molecular flexibility index (Phi) is 5.21. The first-order valence-electron chi connectivity index (χ1n) is 7.12. The molecule has 19 heavy (non-hydrogen) atoms. The quantitative estimate of drug-likeness (QED) is 0.758. The Morgan fingerprint density at radius 3 is 2.79 bits per heavy atom. The molecule has 1 heterocycles. The van der Waals surface area contributed by atoms with Gasteiger partial charge < -0.3 is 16.0 Å². The van der Waals surface area contributed by atoms with Gasteiger partial charge in [0.25, 0.3) is 5.91 Å². The van der Waals surface area contributed by atoms with Crippen molar-refractivity contribution in [2.75, 3.05) is 31.5 Å². The third-order valence-electron chi connectivity index (χ3n) is 3.48. The maximum absolute atomic E-state index is 11.6. The van der Waals surface area contributed by atoms with E-state index >= 15 is 0 Å². The summed E-state index contributed by atoms with van der Waals surface area (Å²) < 4.78 is 0. The summed E-state index contributed by atoms with van der Waals surface area (Å²) in [5, 5.41) is 9.65. The molecule has 1 aliphatic heterocycles. The number of anilines is 1. The molecule has 0 aliphatic carbocycles. The van der Waals surface area contributed by atoms with Gasteiger partial charge in [0, 0.05) is 24.3 Å². The monoisotopic (exact) mass is 261 g/mol. The van der Waals surface area contributed by atoms with Crippen LogP contribution in [0.1, 0.15) is 30.1 Å². The van der Waals surface area contributed by atoms with Crippen molar-refractivity contribution in [3.8, 4) is 0 Å². The smallest absolute Gasteiger partial charge is 0.251 e. The summed E-state index contributed by atoms with van der Waals surface area (Å²) in [7, 11) is 0. The van der Waals surface area contributed by atoms with Crippen LogP contribution in [-0.4, -0.2) is 32.1 Å². The first-order chi connectivity index (χ1) is 9.29. The average Bonchev–Trinajstić information content (AvgIpc) is 2.47. The zero-order valence-electron chi connectivity index (χ0n) is 11.5. The number of carbonyl (C=O) groups excluding carboxylic acids is 1. The first kappa shape index (κ1) is 13.9. The Morgan fingerprint density at radius 2 is 2.16 bits per heavy atom. The third kappa shape index (κ3) is 4.24. The number of piperidine rings is 1. The second kappa shape index (κ2) is 7.14. The molecule has 104 valence electrons. The highest BCUT2D eigenvalue weighted by atomic mass is 16.1. The van der Waals surface area contributed by atoms with Crippen LogP contribution in [0.15, 0.2) is 24.3 Å². The van der Waals surface area contributed by atoms with Crippen molar-refractivity contribution in [3.05, 3.63) is 29.8 Å². The van der Waals surface area contributed by atoms with Crippen LogP contribution in [0.2, 0.25) is 0 Å². The molecular weight excluding hydrogens is 238 g/mol. The van der Waals surface area contributed by atoms with E-state index in [0.717, 1.165) is 25.3 Å². The molecular formula is C15H23N3O. The van der Waals surface area contributed by atoms with E-state index in [4.69, 9.17) is 0 Å². The van der Waals surface area contributed by atoms with Crippen molar-refractivity contribution in [2.45, 2.75) is 19.8 Å². The summed E-state index contributed by atoms with van der Waals surface area (Å²) in [6.07, 6.45) is 2.56. The lowest BCUT2D eigenvalue weighted by Crippen LogP contribution is -2.33. The second-order valence-corrected chi connectivity index (χ2v) is 5.03. The molecule has 1 aromatic rings. The molecule has 3 N–H and O–H groups in total. The summed E-state index contributed by atoms with van der Waals surface area (Å²) in [6.45, 7) is 5.83. The number of benzene rings is 1. The van der Waals surface area contributed by atoms with Crippen LogP contribution in [0.5, 0.6) is 0 Å². The van der Waals surface area contributed by atoms with Crippen molar-refractivity contribution in [2.24, 2.45) is 5.92 Å². The molecule has 1 aromatic carbocycles. The number of nitrogens with one attached hydrogen (secondary N) is 3. The van der Waals surface area contributed by atoms with E-state index in [-0.39, 0.29) is 5.91 Å². The highest BCUT2D eigenvalue weighted by molar-refractivity contribution is 5.94. The van der Waals surface area contributed by atoms with Crippen LogP contribution in [0, 0.1) is 5.92 Å². The molecule has 0 aromatic heterocycles. The molecule has 4 heteroatoms. The van der Waals surface area contributed by atoms with Gasteiger partial charge >= 0.3 is 0 Å². The van der Waals surface area contributed by atoms with Crippen LogP contribution in [0.25, 0.3) is 0 Å². The topological polar surface area (TPSA) is 53.2 Å². The lowest BCUT2D eigenvalue weighted by Gasteiger charge is -2.23. The maximum atomic E-state index is 11.6. The van der Waals surface area contributed by atoms with Crippen LogP contribution in [-0.2, 0) is 0 Å². The Balaban J connectivity index is 1.82. The largest absolute Gasteiger partial charge is 0.385 e. The molecule has 1 atom stereocenters. The van der Waals surface area contributed by atoms with Gasteiger partial charge in [-0.25, -0.2) is 0 Å². The SMILES string of the molecule is CCNC(=O)c1ccc(NCC2CCCNC2)cc1. The van der Waals surface area contributed by atoms with Gasteiger partial charge in [-0.3, -0.25) is 4.79 Å². The van der Waals surface area contributed by atoms with Gasteiger partial charge in [-0.05, 0) is 63.0 Å². The Morgan fingerprint density at radius 1 is 1.37 bits per heavy atom. The van der Waals surface area contributed by atoms with Gasteiger partial charge in [-0.2, -0.15) is 0 Å². The van der Waals surface area contributed by atoms with Crippen LogP contribution in [0.3, 0.4) is 0 Å². The van der Waals surface area contributed by atoms with Gasteiger partial charge in [0.15, 0.2) is 0 Å². The minimum atomic E-state index is -0.00877. The maximum Gasteiger partial charge on any atom is 0.251 e. The zero-order valence-corrected chi connectivity index (χ0v) is 11.5. The summed E-state index contributed by atoms with van der Waals surface area (Å²) in [5.74, 6) is 0.697. The zero-order chi connectivity index (χ0) is 13.5. The van der Waals surface area contributed by atoms with Gasteiger partial charge in [-0.15, -0.1) is 0 Å². The summed E-state index contributed by atoms with van der Waals surface area (Å²) in [5.41, 5.74) is 1.80. The van der Waals surface area contributed by atoms with Crippen molar-refractivity contribution in [1.29, 1.82) is 0 Å². The molecule has 0 spiro atoms. The van der Waals surface area contributed by atoms with Crippen molar-refractivity contribution < 1.29 is 4.79 Å². The third-order valence-corrected chi connectivity index (χ3v) is 3.48. The van der Waals surface area contributed by atoms with Gasteiger partial charge in [0.2, 0.25) is 0 Å². The normalized spacial score (nSPS) is 18.9. The van der Waals surface area contributed by atoms with Gasteiger partial charge in [0.05, 0.1) is 0 Å². The fourth-order valence-corrected chi connectivity index (χ4v) is 2.36. The average molecular weight is 261 g/mol. The Hall–Kier alpha value is -1.55. The molecule has 0 saturated carbocycles. The predicted molar refractivity (Wildman–Crippen MR) is 78.5 cm³/mol. The molecule has 1 fully saturated rings. The molecule has 1 unspecified atom stereocenters. The van der Waals surface area contributed by atoms with E-state index in [2.05, 4.69) is 16.0 Å². The van der Waals surface area contributed by atoms with Crippen LogP contribution >= 0.6 is 0 Å². The van der Waals surface area contributed by atoms with Gasteiger partial charge in [0.1, 0.15) is 0 Å². The van der Waals surface area contributed by atoms with Crippen LogP contribution in [0.4, 0.5) is 5.69 Å². The van der Waals surface area contributed by atoms with Crippen molar-refractivity contribution in [1.82, 2.24) is 10.6 Å². The standard InChI is InChI=1S/C15H23N3O/c1-2-17-15(19)13-5-7-14(8-6-13)18-11-12-4-3-9-16-10-12/h5-8,12,16,18H,2-4,9-11H2,1H3,(H,17,19). The summed E-state index contributed by atoms with van der Waals surface area (Å²) in [6, 6.07) is 7.68. The molecule has 4 nitrogen and oxygen atoms in total. The van der Waals surface area contributed by atoms with Gasteiger partial charge in [-0.1, -0.05) is 0 Å². The lowest BCUT2D eigenvalue weighted by molar-refractivity contribution is 0.0956. The molecule has 1 saturated heterocycles. The fourth-order valence-electron chi connectivity index (χ4n) is 2.36. The number of hydrogen-bond donors (Lipinski definition) is 3. The molecule has 1 aliphatic rings. The second-order valence-electron chi connectivity index (χ2n) is 5.03. The summed E-state index contributed by atoms with van der Waals surface area (Å²) >= 11 is 0. The number of rotatable bonds is 5. The molecule has 2 rings (SSSR count). The predicted octanol–water partition coefficient (Wildman–Crippen LogP) is 1.85. The number of hydrogen-bond acceptors (Lipinski definition) is 3. The van der Waals surface area contributed by atoms with E-state index in [1.54, 1.807) is 0 Å². The molecule has 1 amide bonds. The van der Waals surface area contributed by atoms with Crippen LogP contribution < -0.4 is 16.0 Å². The fraction of sp³-hybridized carbons (Fsp3) is 0.533. The van der Waals surface area contributed by atoms with Crippen molar-refractivity contribution in [3.63, 3.8) is 0 Å².